The Hall–Kier alpha value is -1.74. The van der Waals surface area contributed by atoms with Crippen LogP contribution in [0.4, 0.5) is 5.69 Å². The number of nitroso groups, excluding NO2 is 1. The topological polar surface area (TPSA) is 49.7 Å². The van der Waals surface area contributed by atoms with Crippen molar-refractivity contribution in [2.24, 2.45) is 11.1 Å². The number of nitrogens with zero attached hydrogens (tertiary/aromatic N) is 1. The first-order chi connectivity index (χ1) is 11.9. The number of aliphatic hydroxyl groups excluding tert-OH is 1. The van der Waals surface area contributed by atoms with Gasteiger partial charge in [-0.25, -0.2) is 0 Å². The molecule has 0 heterocycles. The van der Waals surface area contributed by atoms with Crippen LogP contribution in [0, 0.1) is 10.8 Å². The summed E-state index contributed by atoms with van der Waals surface area (Å²) in [4.78, 5) is 11.8. The molecule has 0 aliphatic heterocycles. The molecular weight excluding hydrogens is 310 g/mol. The van der Waals surface area contributed by atoms with Gasteiger partial charge in [-0.2, -0.15) is 0 Å². The van der Waals surface area contributed by atoms with Gasteiger partial charge in [-0.15, -0.1) is 4.91 Å². The van der Waals surface area contributed by atoms with E-state index in [0.29, 0.717) is 18.0 Å². The molecule has 0 fully saturated rings. The molecular formula is C22H31NO2. The highest BCUT2D eigenvalue weighted by Crippen LogP contribution is 2.46. The van der Waals surface area contributed by atoms with Crippen LogP contribution in [0.5, 0.6) is 0 Å². The molecule has 3 atom stereocenters. The van der Waals surface area contributed by atoms with Gasteiger partial charge in [0, 0.05) is 11.5 Å². The predicted octanol–water partition coefficient (Wildman–Crippen LogP) is 6.50. The normalized spacial score (nSPS) is 21.6. The quantitative estimate of drug-likeness (QED) is 0.455. The summed E-state index contributed by atoms with van der Waals surface area (Å²) in [5.74, 6) is 0.422. The highest BCUT2D eigenvalue weighted by atomic mass is 16.3. The van der Waals surface area contributed by atoms with Crippen LogP contribution in [-0.2, 0) is 6.42 Å². The lowest BCUT2D eigenvalue weighted by atomic mass is 9.73. The maximum Gasteiger partial charge on any atom is 0.117 e. The number of aliphatic hydroxyl groups is 1. The standard InChI is InChI=1S/C22H31NO2/c1-6-8-16-10-12-18(22(23-25)21(16)20(24)7-2)19-13-15(5)9-11-17(19)14(3)4/h10,12-13,17,19-20,24H,3,6-9,11H2,1-2,4-5H3/t17?,19-,20+/m1/s1. The summed E-state index contributed by atoms with van der Waals surface area (Å²) in [7, 11) is 0. The van der Waals surface area contributed by atoms with Crippen molar-refractivity contribution in [3.8, 4) is 0 Å². The van der Waals surface area contributed by atoms with Gasteiger partial charge in [0.25, 0.3) is 0 Å². The number of rotatable bonds is 7. The molecule has 1 aromatic rings. The number of hydrogen-bond acceptors (Lipinski definition) is 3. The zero-order valence-corrected chi connectivity index (χ0v) is 16.0. The highest BCUT2D eigenvalue weighted by molar-refractivity contribution is 5.60. The van der Waals surface area contributed by atoms with E-state index in [2.05, 4.69) is 44.7 Å². The Bertz CT molecular complexity index is 675. The molecule has 1 aliphatic carbocycles. The molecule has 136 valence electrons. The van der Waals surface area contributed by atoms with Crippen LogP contribution in [0.3, 0.4) is 0 Å². The first-order valence-electron chi connectivity index (χ1n) is 9.44. The van der Waals surface area contributed by atoms with Crippen molar-refractivity contribution in [1.29, 1.82) is 0 Å². The van der Waals surface area contributed by atoms with E-state index >= 15 is 0 Å². The molecule has 2 rings (SSSR count). The molecule has 1 aromatic carbocycles. The Kier molecular flexibility index (Phi) is 6.71. The molecule has 1 N–H and O–H groups in total. The van der Waals surface area contributed by atoms with Crippen molar-refractivity contribution in [2.75, 3.05) is 0 Å². The third-order valence-electron chi connectivity index (χ3n) is 5.41. The highest BCUT2D eigenvalue weighted by Gasteiger charge is 2.30. The zero-order valence-electron chi connectivity index (χ0n) is 16.0. The van der Waals surface area contributed by atoms with Crippen LogP contribution < -0.4 is 0 Å². The lowest BCUT2D eigenvalue weighted by molar-refractivity contribution is 0.173. The summed E-state index contributed by atoms with van der Waals surface area (Å²) >= 11 is 0. The smallest absolute Gasteiger partial charge is 0.117 e. The molecule has 0 radical (unpaired) electrons. The molecule has 0 saturated heterocycles. The van der Waals surface area contributed by atoms with E-state index in [9.17, 15) is 10.0 Å². The molecule has 0 spiro atoms. The average Bonchev–Trinajstić information content (AvgIpc) is 2.60. The summed E-state index contributed by atoms with van der Waals surface area (Å²) in [6, 6.07) is 4.12. The lowest BCUT2D eigenvalue weighted by Gasteiger charge is -2.32. The molecule has 0 bridgehead atoms. The molecule has 3 nitrogen and oxygen atoms in total. The summed E-state index contributed by atoms with van der Waals surface area (Å²) in [5.41, 5.74) is 5.63. The minimum atomic E-state index is -0.647. The minimum absolute atomic E-state index is 0.109. The largest absolute Gasteiger partial charge is 0.388 e. The van der Waals surface area contributed by atoms with E-state index in [1.54, 1.807) is 0 Å². The molecule has 25 heavy (non-hydrogen) atoms. The van der Waals surface area contributed by atoms with Crippen molar-refractivity contribution in [1.82, 2.24) is 0 Å². The second-order valence-corrected chi connectivity index (χ2v) is 7.37. The second-order valence-electron chi connectivity index (χ2n) is 7.37. The van der Waals surface area contributed by atoms with Crippen molar-refractivity contribution >= 4 is 5.69 Å². The maximum absolute atomic E-state index is 11.8. The van der Waals surface area contributed by atoms with Gasteiger partial charge >= 0.3 is 0 Å². The van der Waals surface area contributed by atoms with Gasteiger partial charge in [0.1, 0.15) is 5.69 Å². The Morgan fingerprint density at radius 3 is 2.68 bits per heavy atom. The van der Waals surface area contributed by atoms with E-state index in [0.717, 1.165) is 47.9 Å². The molecule has 0 amide bonds. The van der Waals surface area contributed by atoms with Gasteiger partial charge in [-0.3, -0.25) is 0 Å². The van der Waals surface area contributed by atoms with Crippen molar-refractivity contribution in [2.45, 2.75) is 71.8 Å². The second kappa shape index (κ2) is 8.57. The van der Waals surface area contributed by atoms with Gasteiger partial charge < -0.3 is 5.11 Å². The van der Waals surface area contributed by atoms with Crippen molar-refractivity contribution in [3.63, 3.8) is 0 Å². The SMILES string of the molecule is C=C(C)C1CCC(C)=C[C@H]1c1ccc(CCC)c([C@@H](O)CC)c1N=O. The van der Waals surface area contributed by atoms with Gasteiger partial charge in [0.15, 0.2) is 0 Å². The average molecular weight is 341 g/mol. The van der Waals surface area contributed by atoms with Crippen LogP contribution in [0.1, 0.15) is 82.1 Å². The Labute approximate surface area is 151 Å². The van der Waals surface area contributed by atoms with Crippen molar-refractivity contribution in [3.05, 3.63) is 57.5 Å². The molecule has 3 heteroatoms. The van der Waals surface area contributed by atoms with Gasteiger partial charge in [-0.1, -0.05) is 56.2 Å². The van der Waals surface area contributed by atoms with Crippen LogP contribution in [0.25, 0.3) is 0 Å². The third kappa shape index (κ3) is 4.09. The molecule has 1 unspecified atom stereocenters. The van der Waals surface area contributed by atoms with Gasteiger partial charge in [-0.05, 0) is 61.8 Å². The molecule has 0 saturated carbocycles. The Balaban J connectivity index is 2.66. The fourth-order valence-electron chi connectivity index (χ4n) is 4.03. The number of hydrogen-bond donors (Lipinski definition) is 1. The lowest BCUT2D eigenvalue weighted by Crippen LogP contribution is -2.18. The fourth-order valence-corrected chi connectivity index (χ4v) is 4.03. The Morgan fingerprint density at radius 1 is 1.40 bits per heavy atom. The van der Waals surface area contributed by atoms with E-state index in [1.807, 2.05) is 13.0 Å². The van der Waals surface area contributed by atoms with Crippen LogP contribution in [0.2, 0.25) is 0 Å². The zero-order chi connectivity index (χ0) is 18.6. The van der Waals surface area contributed by atoms with E-state index in [-0.39, 0.29) is 5.92 Å². The number of aryl methyl sites for hydroxylation is 1. The summed E-state index contributed by atoms with van der Waals surface area (Å²) in [5, 5.41) is 14.0. The predicted molar refractivity (Wildman–Crippen MR) is 105 cm³/mol. The molecule has 0 aromatic heterocycles. The first-order valence-corrected chi connectivity index (χ1v) is 9.44. The van der Waals surface area contributed by atoms with E-state index in [1.165, 1.54) is 5.57 Å². The van der Waals surface area contributed by atoms with Gasteiger partial charge in [0.05, 0.1) is 6.10 Å². The van der Waals surface area contributed by atoms with Crippen LogP contribution in [0.15, 0.2) is 41.1 Å². The minimum Gasteiger partial charge on any atom is -0.388 e. The summed E-state index contributed by atoms with van der Waals surface area (Å²) in [6.07, 6.45) is 6.11. The van der Waals surface area contributed by atoms with E-state index < -0.39 is 6.10 Å². The van der Waals surface area contributed by atoms with Crippen LogP contribution in [-0.4, -0.2) is 5.11 Å². The summed E-state index contributed by atoms with van der Waals surface area (Å²) < 4.78 is 0. The van der Waals surface area contributed by atoms with Gasteiger partial charge in [0.2, 0.25) is 0 Å². The van der Waals surface area contributed by atoms with Crippen molar-refractivity contribution < 1.29 is 5.11 Å². The Morgan fingerprint density at radius 2 is 2.12 bits per heavy atom. The number of benzene rings is 1. The number of allylic oxidation sites excluding steroid dienone is 3. The maximum atomic E-state index is 11.8. The monoisotopic (exact) mass is 341 g/mol. The summed E-state index contributed by atoms with van der Waals surface area (Å²) in [6.45, 7) is 12.4. The third-order valence-corrected chi connectivity index (χ3v) is 5.41. The van der Waals surface area contributed by atoms with E-state index in [4.69, 9.17) is 0 Å². The van der Waals surface area contributed by atoms with Crippen LogP contribution >= 0.6 is 0 Å². The first kappa shape index (κ1) is 19.6. The molecule has 1 aliphatic rings. The fraction of sp³-hybridized carbons (Fsp3) is 0.545.